The van der Waals surface area contributed by atoms with Crippen LogP contribution in [0.25, 0.3) is 10.9 Å². The summed E-state index contributed by atoms with van der Waals surface area (Å²) in [6.07, 6.45) is 1.02. The normalized spacial score (nSPS) is 10.8. The Hall–Kier alpha value is -2.21. The van der Waals surface area contributed by atoms with E-state index in [1.165, 1.54) is 24.3 Å². The van der Waals surface area contributed by atoms with Crippen molar-refractivity contribution < 1.29 is 9.18 Å². The number of fused-ring (bicyclic) bond motifs is 1. The predicted octanol–water partition coefficient (Wildman–Crippen LogP) is 1.40. The molecule has 2 aromatic rings. The molecule has 1 aromatic heterocycles. The zero-order valence-corrected chi connectivity index (χ0v) is 11.8. The van der Waals surface area contributed by atoms with Crippen molar-refractivity contribution in [1.82, 2.24) is 15.6 Å². The number of benzene rings is 1. The Kier molecular flexibility index (Phi) is 5.05. The van der Waals surface area contributed by atoms with Crippen LogP contribution in [0.3, 0.4) is 0 Å². The molecule has 0 spiro atoms. The molecule has 5 nitrogen and oxygen atoms in total. The van der Waals surface area contributed by atoms with E-state index in [1.807, 2.05) is 0 Å². The zero-order valence-electron chi connectivity index (χ0n) is 11.8. The van der Waals surface area contributed by atoms with Crippen LogP contribution < -0.4 is 16.2 Å². The average Bonchev–Trinajstić information content (AvgIpc) is 2.46. The van der Waals surface area contributed by atoms with Crippen molar-refractivity contribution in [3.05, 3.63) is 46.0 Å². The molecule has 3 N–H and O–H groups in total. The highest BCUT2D eigenvalue weighted by atomic mass is 19.1. The molecule has 0 radical (unpaired) electrons. The second kappa shape index (κ2) is 6.99. The predicted molar refractivity (Wildman–Crippen MR) is 80.0 cm³/mol. The van der Waals surface area contributed by atoms with E-state index in [1.54, 1.807) is 0 Å². The molecule has 0 saturated carbocycles. The van der Waals surface area contributed by atoms with Crippen LogP contribution in [0.5, 0.6) is 0 Å². The van der Waals surface area contributed by atoms with Gasteiger partial charge in [-0.15, -0.1) is 0 Å². The summed E-state index contributed by atoms with van der Waals surface area (Å²) >= 11 is 0. The molecule has 6 heteroatoms. The minimum atomic E-state index is -0.451. The van der Waals surface area contributed by atoms with E-state index >= 15 is 0 Å². The van der Waals surface area contributed by atoms with E-state index in [0.717, 1.165) is 13.0 Å². The number of hydrogen-bond acceptors (Lipinski definition) is 3. The zero-order chi connectivity index (χ0) is 15.2. The van der Waals surface area contributed by atoms with Gasteiger partial charge in [-0.25, -0.2) is 4.39 Å². The average molecular weight is 291 g/mol. The van der Waals surface area contributed by atoms with Gasteiger partial charge in [-0.3, -0.25) is 9.59 Å². The Morgan fingerprint density at radius 2 is 2.05 bits per heavy atom. The van der Waals surface area contributed by atoms with Gasteiger partial charge in [-0.1, -0.05) is 6.92 Å². The number of carbonyl (C=O) groups is 1. The van der Waals surface area contributed by atoms with Crippen molar-refractivity contribution >= 4 is 16.8 Å². The maximum Gasteiger partial charge on any atom is 0.252 e. The van der Waals surface area contributed by atoms with E-state index in [4.69, 9.17) is 0 Å². The molecule has 2 rings (SSSR count). The Bertz CT molecular complexity index is 697. The van der Waals surface area contributed by atoms with Crippen molar-refractivity contribution in [3.8, 4) is 0 Å². The summed E-state index contributed by atoms with van der Waals surface area (Å²) in [7, 11) is 0. The van der Waals surface area contributed by atoms with Crippen molar-refractivity contribution in [3.63, 3.8) is 0 Å². The number of nitrogens with one attached hydrogen (secondary N) is 3. The van der Waals surface area contributed by atoms with E-state index in [9.17, 15) is 14.0 Å². The van der Waals surface area contributed by atoms with Gasteiger partial charge in [0.15, 0.2) is 0 Å². The van der Waals surface area contributed by atoms with Gasteiger partial charge in [-0.2, -0.15) is 0 Å². The summed E-state index contributed by atoms with van der Waals surface area (Å²) in [6.45, 7) is 4.04. The van der Waals surface area contributed by atoms with Crippen molar-refractivity contribution in [1.29, 1.82) is 0 Å². The third-order valence-electron chi connectivity index (χ3n) is 3.06. The molecule has 1 heterocycles. The fraction of sp³-hybridized carbons (Fsp3) is 0.333. The first-order valence-electron chi connectivity index (χ1n) is 6.93. The van der Waals surface area contributed by atoms with Gasteiger partial charge in [0, 0.05) is 30.1 Å². The van der Waals surface area contributed by atoms with Gasteiger partial charge in [0.05, 0.1) is 5.56 Å². The van der Waals surface area contributed by atoms with Crippen LogP contribution in [-0.4, -0.2) is 30.5 Å². The maximum atomic E-state index is 13.3. The largest absolute Gasteiger partial charge is 0.351 e. The van der Waals surface area contributed by atoms with Gasteiger partial charge in [0.25, 0.3) is 5.91 Å². The topological polar surface area (TPSA) is 74.0 Å². The lowest BCUT2D eigenvalue weighted by molar-refractivity contribution is 0.0955. The second-order valence-corrected chi connectivity index (χ2v) is 4.74. The van der Waals surface area contributed by atoms with Gasteiger partial charge in [0.2, 0.25) is 5.56 Å². The Morgan fingerprint density at radius 3 is 2.81 bits per heavy atom. The van der Waals surface area contributed by atoms with Gasteiger partial charge in [0.1, 0.15) is 5.82 Å². The molecule has 0 unspecified atom stereocenters. The lowest BCUT2D eigenvalue weighted by Crippen LogP contribution is -2.32. The van der Waals surface area contributed by atoms with Crippen molar-refractivity contribution in [2.24, 2.45) is 0 Å². The smallest absolute Gasteiger partial charge is 0.252 e. The van der Waals surface area contributed by atoms with E-state index < -0.39 is 5.82 Å². The molecule has 0 fully saturated rings. The SMILES string of the molecule is CCCNCCNC(=O)c1cc(=O)[nH]c2ccc(F)cc12. The van der Waals surface area contributed by atoms with Crippen LogP contribution in [0.15, 0.2) is 29.1 Å². The lowest BCUT2D eigenvalue weighted by atomic mass is 10.1. The molecule has 0 atom stereocenters. The molecule has 21 heavy (non-hydrogen) atoms. The van der Waals surface area contributed by atoms with Crippen molar-refractivity contribution in [2.75, 3.05) is 19.6 Å². The number of aromatic nitrogens is 1. The Labute approximate surface area is 121 Å². The molecular formula is C15H18FN3O2. The summed E-state index contributed by atoms with van der Waals surface area (Å²) in [5.74, 6) is -0.830. The van der Waals surface area contributed by atoms with Crippen LogP contribution in [0.4, 0.5) is 4.39 Å². The second-order valence-electron chi connectivity index (χ2n) is 4.74. The van der Waals surface area contributed by atoms with Crippen LogP contribution in [0.2, 0.25) is 0 Å². The Morgan fingerprint density at radius 1 is 1.24 bits per heavy atom. The number of pyridine rings is 1. The quantitative estimate of drug-likeness (QED) is 0.704. The van der Waals surface area contributed by atoms with E-state index in [0.29, 0.717) is 24.0 Å². The van der Waals surface area contributed by atoms with Crippen LogP contribution in [0, 0.1) is 5.82 Å². The highest BCUT2D eigenvalue weighted by molar-refractivity contribution is 6.05. The number of H-pyrrole nitrogens is 1. The molecule has 1 amide bonds. The standard InChI is InChI=1S/C15H18FN3O2/c1-2-5-17-6-7-18-15(21)12-9-14(20)19-13-4-3-10(16)8-11(12)13/h3-4,8-9,17H,2,5-7H2,1H3,(H,18,21)(H,19,20). The monoisotopic (exact) mass is 291 g/mol. The summed E-state index contributed by atoms with van der Waals surface area (Å²) in [5.41, 5.74) is 0.241. The molecule has 0 aliphatic carbocycles. The third-order valence-corrected chi connectivity index (χ3v) is 3.06. The highest BCUT2D eigenvalue weighted by Gasteiger charge is 2.12. The first-order valence-corrected chi connectivity index (χ1v) is 6.93. The van der Waals surface area contributed by atoms with Crippen molar-refractivity contribution in [2.45, 2.75) is 13.3 Å². The number of hydrogen-bond donors (Lipinski definition) is 3. The van der Waals surface area contributed by atoms with E-state index in [2.05, 4.69) is 22.5 Å². The molecule has 112 valence electrons. The maximum absolute atomic E-state index is 13.3. The van der Waals surface area contributed by atoms with Crippen LogP contribution in [0.1, 0.15) is 23.7 Å². The molecule has 0 bridgehead atoms. The van der Waals surface area contributed by atoms with Gasteiger partial charge < -0.3 is 15.6 Å². The molecule has 1 aromatic carbocycles. The van der Waals surface area contributed by atoms with Gasteiger partial charge >= 0.3 is 0 Å². The summed E-state index contributed by atoms with van der Waals surface area (Å²) in [5, 5.41) is 6.27. The molecular weight excluding hydrogens is 273 g/mol. The lowest BCUT2D eigenvalue weighted by Gasteiger charge is -2.08. The first kappa shape index (κ1) is 15.2. The van der Waals surface area contributed by atoms with Crippen LogP contribution in [-0.2, 0) is 0 Å². The number of aromatic amines is 1. The fourth-order valence-corrected chi connectivity index (χ4v) is 2.08. The third kappa shape index (κ3) is 3.88. The number of rotatable bonds is 6. The van der Waals surface area contributed by atoms with Gasteiger partial charge in [-0.05, 0) is 31.2 Å². The first-order chi connectivity index (χ1) is 10.1. The fourth-order valence-electron chi connectivity index (χ4n) is 2.08. The Balaban J connectivity index is 2.18. The summed E-state index contributed by atoms with van der Waals surface area (Å²) < 4.78 is 13.3. The minimum Gasteiger partial charge on any atom is -0.351 e. The van der Waals surface area contributed by atoms with E-state index in [-0.39, 0.29) is 17.0 Å². The minimum absolute atomic E-state index is 0.184. The number of halogens is 1. The summed E-state index contributed by atoms with van der Waals surface area (Å²) in [6, 6.07) is 5.13. The molecule has 0 aliphatic rings. The number of carbonyl (C=O) groups excluding carboxylic acids is 1. The van der Waals surface area contributed by atoms with Crippen LogP contribution >= 0.6 is 0 Å². The molecule has 0 aliphatic heterocycles. The molecule has 0 saturated heterocycles. The summed E-state index contributed by atoms with van der Waals surface area (Å²) in [4.78, 5) is 26.3. The highest BCUT2D eigenvalue weighted by Crippen LogP contribution is 2.16. The number of amides is 1.